The van der Waals surface area contributed by atoms with Crippen LogP contribution >= 0.6 is 0 Å². The Kier molecular flexibility index (Phi) is 7.82. The number of ether oxygens (including phenoxy) is 1. The van der Waals surface area contributed by atoms with E-state index in [1.807, 2.05) is 23.0 Å². The third kappa shape index (κ3) is 6.49. The van der Waals surface area contributed by atoms with Gasteiger partial charge in [0.15, 0.2) is 5.96 Å². The molecule has 0 fully saturated rings. The van der Waals surface area contributed by atoms with Crippen LogP contribution in [0.3, 0.4) is 0 Å². The van der Waals surface area contributed by atoms with E-state index in [9.17, 15) is 0 Å². The van der Waals surface area contributed by atoms with Gasteiger partial charge in [-0.15, -0.1) is 0 Å². The first kappa shape index (κ1) is 18.8. The molecule has 0 bridgehead atoms. The summed E-state index contributed by atoms with van der Waals surface area (Å²) in [6.45, 7) is 7.48. The summed E-state index contributed by atoms with van der Waals surface area (Å²) in [7, 11) is 1.72. The van der Waals surface area contributed by atoms with Crippen LogP contribution in [0.5, 0.6) is 5.75 Å². The van der Waals surface area contributed by atoms with Crippen molar-refractivity contribution in [3.8, 4) is 5.75 Å². The maximum atomic E-state index is 5.44. The van der Waals surface area contributed by atoms with Gasteiger partial charge in [0.25, 0.3) is 0 Å². The van der Waals surface area contributed by atoms with Gasteiger partial charge in [-0.25, -0.2) is 0 Å². The lowest BCUT2D eigenvalue weighted by Gasteiger charge is -2.13. The summed E-state index contributed by atoms with van der Waals surface area (Å²) in [5, 5.41) is 10.9. The van der Waals surface area contributed by atoms with Crippen molar-refractivity contribution in [1.82, 2.24) is 20.4 Å². The molecule has 2 rings (SSSR count). The predicted molar refractivity (Wildman–Crippen MR) is 102 cm³/mol. The summed E-state index contributed by atoms with van der Waals surface area (Å²) in [5.41, 5.74) is 2.46. The van der Waals surface area contributed by atoms with Gasteiger partial charge in [-0.05, 0) is 44.4 Å². The molecule has 0 aliphatic rings. The molecule has 6 heteroatoms. The standard InChI is InChI=1S/C19H29N5O/c1-4-20-19(21-10-5-13-24-14-6-11-23-24)22-12-9-17-15-16(2)7-8-18(17)25-3/h6-8,11,14-15H,4-5,9-10,12-13H2,1-3H3,(H2,20,21,22). The molecule has 0 aliphatic heterocycles. The van der Waals surface area contributed by atoms with Gasteiger partial charge < -0.3 is 15.4 Å². The van der Waals surface area contributed by atoms with Gasteiger partial charge in [0, 0.05) is 38.6 Å². The molecule has 25 heavy (non-hydrogen) atoms. The van der Waals surface area contributed by atoms with E-state index in [0.29, 0.717) is 0 Å². The van der Waals surface area contributed by atoms with E-state index in [0.717, 1.165) is 50.7 Å². The Hall–Kier alpha value is -2.50. The van der Waals surface area contributed by atoms with Gasteiger partial charge in [0.2, 0.25) is 0 Å². The number of aromatic nitrogens is 2. The fourth-order valence-corrected chi connectivity index (χ4v) is 2.62. The molecule has 2 N–H and O–H groups in total. The highest BCUT2D eigenvalue weighted by Gasteiger charge is 2.04. The minimum absolute atomic E-state index is 0.767. The van der Waals surface area contributed by atoms with E-state index < -0.39 is 0 Å². The first-order valence-corrected chi connectivity index (χ1v) is 8.86. The summed E-state index contributed by atoms with van der Waals surface area (Å²) >= 11 is 0. The smallest absolute Gasteiger partial charge is 0.191 e. The van der Waals surface area contributed by atoms with E-state index in [1.165, 1.54) is 11.1 Å². The van der Waals surface area contributed by atoms with Gasteiger partial charge in [0.05, 0.1) is 7.11 Å². The number of nitrogens with one attached hydrogen (secondary N) is 2. The zero-order valence-corrected chi connectivity index (χ0v) is 15.5. The van der Waals surface area contributed by atoms with Crippen molar-refractivity contribution in [3.05, 3.63) is 47.8 Å². The molecule has 0 amide bonds. The fraction of sp³-hybridized carbons (Fsp3) is 0.474. The zero-order valence-electron chi connectivity index (χ0n) is 15.5. The number of guanidine groups is 1. The molecule has 1 heterocycles. The largest absolute Gasteiger partial charge is 0.496 e. The van der Waals surface area contributed by atoms with Crippen LogP contribution < -0.4 is 15.4 Å². The highest BCUT2D eigenvalue weighted by atomic mass is 16.5. The van der Waals surface area contributed by atoms with Crippen LogP contribution in [0.1, 0.15) is 24.5 Å². The Morgan fingerprint density at radius 2 is 2.20 bits per heavy atom. The number of methoxy groups -OCH3 is 1. The average Bonchev–Trinajstić information content (AvgIpc) is 3.12. The average molecular weight is 343 g/mol. The van der Waals surface area contributed by atoms with Crippen LogP contribution in [0.4, 0.5) is 0 Å². The van der Waals surface area contributed by atoms with Crippen molar-refractivity contribution < 1.29 is 4.74 Å². The topological polar surface area (TPSA) is 63.5 Å². The van der Waals surface area contributed by atoms with E-state index in [4.69, 9.17) is 4.74 Å². The van der Waals surface area contributed by atoms with Crippen molar-refractivity contribution in [2.24, 2.45) is 4.99 Å². The van der Waals surface area contributed by atoms with Crippen molar-refractivity contribution >= 4 is 5.96 Å². The highest BCUT2D eigenvalue weighted by molar-refractivity contribution is 5.79. The number of benzene rings is 1. The third-order valence-electron chi connectivity index (χ3n) is 3.84. The molecule has 0 atom stereocenters. The Morgan fingerprint density at radius 1 is 1.32 bits per heavy atom. The fourth-order valence-electron chi connectivity index (χ4n) is 2.62. The maximum Gasteiger partial charge on any atom is 0.191 e. The first-order valence-electron chi connectivity index (χ1n) is 8.86. The minimum atomic E-state index is 0.767. The van der Waals surface area contributed by atoms with Crippen molar-refractivity contribution in [3.63, 3.8) is 0 Å². The molecule has 0 spiro atoms. The molecule has 6 nitrogen and oxygen atoms in total. The van der Waals surface area contributed by atoms with E-state index in [1.54, 1.807) is 13.3 Å². The normalized spacial score (nSPS) is 11.4. The molecule has 1 aromatic heterocycles. The summed E-state index contributed by atoms with van der Waals surface area (Å²) in [6.07, 6.45) is 5.63. The molecule has 0 unspecified atom stereocenters. The number of nitrogens with zero attached hydrogens (tertiary/aromatic N) is 3. The summed E-state index contributed by atoms with van der Waals surface area (Å²) in [5.74, 6) is 1.79. The second kappa shape index (κ2) is 10.4. The Morgan fingerprint density at radius 3 is 2.92 bits per heavy atom. The van der Waals surface area contributed by atoms with Gasteiger partial charge in [-0.2, -0.15) is 5.10 Å². The first-order chi connectivity index (χ1) is 12.2. The molecular weight excluding hydrogens is 314 g/mol. The van der Waals surface area contributed by atoms with Crippen molar-refractivity contribution in [2.75, 3.05) is 26.7 Å². The molecule has 0 aliphatic carbocycles. The van der Waals surface area contributed by atoms with Gasteiger partial charge in [-0.3, -0.25) is 9.67 Å². The van der Waals surface area contributed by atoms with Crippen molar-refractivity contribution in [1.29, 1.82) is 0 Å². The van der Waals surface area contributed by atoms with Crippen LogP contribution in [0.2, 0.25) is 0 Å². The van der Waals surface area contributed by atoms with E-state index in [2.05, 4.69) is 46.7 Å². The highest BCUT2D eigenvalue weighted by Crippen LogP contribution is 2.19. The van der Waals surface area contributed by atoms with Gasteiger partial charge in [-0.1, -0.05) is 17.7 Å². The minimum Gasteiger partial charge on any atom is -0.496 e. The molecular formula is C19H29N5O. The lowest BCUT2D eigenvalue weighted by molar-refractivity contribution is 0.409. The Bertz CT molecular complexity index is 652. The lowest BCUT2D eigenvalue weighted by atomic mass is 10.1. The molecule has 1 aromatic carbocycles. The Labute approximate surface area is 150 Å². The maximum absolute atomic E-state index is 5.44. The van der Waals surface area contributed by atoms with Crippen LogP contribution in [-0.4, -0.2) is 42.5 Å². The van der Waals surface area contributed by atoms with Crippen LogP contribution in [0.15, 0.2) is 41.7 Å². The molecule has 0 saturated heterocycles. The third-order valence-corrected chi connectivity index (χ3v) is 3.84. The zero-order chi connectivity index (χ0) is 17.9. The Balaban J connectivity index is 1.80. The number of hydrogen-bond acceptors (Lipinski definition) is 3. The monoisotopic (exact) mass is 343 g/mol. The number of aryl methyl sites for hydroxylation is 2. The summed E-state index contributed by atoms with van der Waals surface area (Å²) < 4.78 is 7.37. The number of rotatable bonds is 9. The van der Waals surface area contributed by atoms with E-state index in [-0.39, 0.29) is 0 Å². The van der Waals surface area contributed by atoms with Crippen LogP contribution in [-0.2, 0) is 13.0 Å². The van der Waals surface area contributed by atoms with Crippen LogP contribution in [0.25, 0.3) is 0 Å². The van der Waals surface area contributed by atoms with E-state index >= 15 is 0 Å². The second-order valence-electron chi connectivity index (χ2n) is 5.88. The second-order valence-corrected chi connectivity index (χ2v) is 5.88. The SMILES string of the molecule is CCNC(=NCCCn1cccn1)NCCc1cc(C)ccc1OC. The van der Waals surface area contributed by atoms with Crippen molar-refractivity contribution in [2.45, 2.75) is 33.2 Å². The number of hydrogen-bond donors (Lipinski definition) is 2. The molecule has 136 valence electrons. The lowest BCUT2D eigenvalue weighted by Crippen LogP contribution is -2.38. The van der Waals surface area contributed by atoms with Gasteiger partial charge in [0.1, 0.15) is 5.75 Å². The quantitative estimate of drug-likeness (QED) is 0.417. The molecule has 0 radical (unpaired) electrons. The van der Waals surface area contributed by atoms with Gasteiger partial charge >= 0.3 is 0 Å². The predicted octanol–water partition coefficient (Wildman–Crippen LogP) is 2.39. The number of aliphatic imine (C=N–C) groups is 1. The summed E-state index contributed by atoms with van der Waals surface area (Å²) in [4.78, 5) is 4.63. The summed E-state index contributed by atoms with van der Waals surface area (Å²) in [6, 6.07) is 8.21. The molecule has 2 aromatic rings. The molecule has 0 saturated carbocycles. The van der Waals surface area contributed by atoms with Crippen LogP contribution in [0, 0.1) is 6.92 Å².